The number of alkyl halides is 3. The number of allylic oxidation sites excluding steroid dienone is 1. The quantitative estimate of drug-likeness (QED) is 0.474. The molecule has 0 aliphatic carbocycles. The molecule has 0 saturated heterocycles. The normalized spacial score (nSPS) is 10.2. The van der Waals surface area contributed by atoms with Crippen molar-refractivity contribution < 1.29 is 45.9 Å². The predicted octanol–water partition coefficient (Wildman–Crippen LogP) is 2.93. The van der Waals surface area contributed by atoms with Crippen molar-refractivity contribution in [1.29, 1.82) is 0 Å². The molecule has 0 atom stereocenters. The molecule has 0 nitrogen and oxygen atoms in total. The molecule has 0 unspecified atom stereocenters. The Morgan fingerprint density at radius 1 is 1.33 bits per heavy atom. The fourth-order valence-electron chi connectivity index (χ4n) is 0.0619. The van der Waals surface area contributed by atoms with Gasteiger partial charge < -0.3 is 26.7 Å². The topological polar surface area (TPSA) is 0 Å². The van der Waals surface area contributed by atoms with Gasteiger partial charge in [0, 0.05) is 32.7 Å². The van der Waals surface area contributed by atoms with Crippen LogP contribution in [0.1, 0.15) is 7.43 Å². The van der Waals surface area contributed by atoms with Crippen LogP contribution >= 0.6 is 22.6 Å². The molecule has 0 aromatic rings. The van der Waals surface area contributed by atoms with Crippen LogP contribution in [-0.4, -0.2) is 6.18 Å². The second-order valence-electron chi connectivity index (χ2n) is 0.795. The molecule has 0 aliphatic heterocycles. The van der Waals surface area contributed by atoms with Crippen molar-refractivity contribution in [2.24, 2.45) is 0 Å². The number of halogens is 4. The molecule has 0 aliphatic rings. The van der Waals surface area contributed by atoms with Gasteiger partial charge in [-0.1, -0.05) is 7.43 Å². The third-order valence-electron chi connectivity index (χ3n) is 0.218. The van der Waals surface area contributed by atoms with Gasteiger partial charge in [0.25, 0.3) is 0 Å². The first-order chi connectivity index (χ1) is 3.06. The molecule has 53 valence electrons. The molecule has 0 aromatic carbocycles. The molecule has 0 N–H and O–H groups in total. The zero-order valence-electron chi connectivity index (χ0n) is 3.67. The van der Waals surface area contributed by atoms with E-state index in [1.165, 1.54) is 22.6 Å². The fourth-order valence-corrected chi connectivity index (χ4v) is 0.415. The third kappa shape index (κ3) is 17.6. The summed E-state index contributed by atoms with van der Waals surface area (Å²) in [5.41, 5.74) is 0. The first kappa shape index (κ1) is 16.8. The van der Waals surface area contributed by atoms with Crippen LogP contribution in [0.4, 0.5) is 13.2 Å². The monoisotopic (exact) mass is 326 g/mol. The van der Waals surface area contributed by atoms with Gasteiger partial charge in [0.1, 0.15) is 0 Å². The van der Waals surface area contributed by atoms with Gasteiger partial charge in [-0.3, -0.25) is 0 Å². The van der Waals surface area contributed by atoms with Crippen LogP contribution in [-0.2, 0) is 32.7 Å². The zero-order valence-corrected chi connectivity index (χ0v) is 8.66. The van der Waals surface area contributed by atoms with E-state index in [0.717, 1.165) is 0 Å². The van der Waals surface area contributed by atoms with E-state index < -0.39 is 6.18 Å². The summed E-state index contributed by atoms with van der Waals surface area (Å²) in [6, 6.07) is 0. The van der Waals surface area contributed by atoms with Crippen LogP contribution in [0.25, 0.3) is 0 Å². The second kappa shape index (κ2) is 7.47. The second-order valence-corrected chi connectivity index (χ2v) is 1.42. The molecule has 0 saturated carbocycles. The first-order valence-electron chi connectivity index (χ1n) is 1.33. The summed E-state index contributed by atoms with van der Waals surface area (Å²) >= 11 is 1.39. The smallest absolute Gasteiger partial charge is 0.379 e. The number of hydrogen-bond acceptors (Lipinski definition) is 0. The molecule has 0 spiro atoms. The van der Waals surface area contributed by atoms with E-state index in [1.807, 2.05) is 4.08 Å². The summed E-state index contributed by atoms with van der Waals surface area (Å²) in [7, 11) is 0. The van der Waals surface area contributed by atoms with Gasteiger partial charge in [0.15, 0.2) is 0 Å². The van der Waals surface area contributed by atoms with Crippen molar-refractivity contribution in [1.82, 2.24) is 0 Å². The SMILES string of the molecule is C.FC(F)(F)C=[C-]I.[Y]. The molecule has 0 amide bonds. The Kier molecular flexibility index (Phi) is 13.9. The van der Waals surface area contributed by atoms with Crippen molar-refractivity contribution in [3.63, 3.8) is 0 Å². The number of hydrogen-bond donors (Lipinski definition) is 0. The van der Waals surface area contributed by atoms with E-state index in [-0.39, 0.29) is 46.2 Å². The molecule has 0 aromatic heterocycles. The Hall–Kier alpha value is 1.36. The van der Waals surface area contributed by atoms with Gasteiger partial charge in [-0.25, -0.2) is 0 Å². The third-order valence-corrected chi connectivity index (χ3v) is 0.530. The molecule has 0 bridgehead atoms. The van der Waals surface area contributed by atoms with E-state index in [1.54, 1.807) is 0 Å². The summed E-state index contributed by atoms with van der Waals surface area (Å²) < 4.78 is 34.6. The van der Waals surface area contributed by atoms with E-state index in [9.17, 15) is 13.2 Å². The van der Waals surface area contributed by atoms with E-state index in [0.29, 0.717) is 0 Å². The minimum absolute atomic E-state index is 0. The Labute approximate surface area is 91.3 Å². The van der Waals surface area contributed by atoms with Gasteiger partial charge in [-0.2, -0.15) is 19.2 Å². The summed E-state index contributed by atoms with van der Waals surface area (Å²) in [5, 5.41) is 0. The van der Waals surface area contributed by atoms with Crippen molar-refractivity contribution in [2.75, 3.05) is 0 Å². The molecule has 9 heavy (non-hydrogen) atoms. The van der Waals surface area contributed by atoms with Gasteiger partial charge >= 0.3 is 6.18 Å². The largest absolute Gasteiger partial charge is 0.421 e. The summed E-state index contributed by atoms with van der Waals surface area (Å²) in [5.74, 6) is 0. The number of rotatable bonds is 0. The minimum Gasteiger partial charge on any atom is -0.421 e. The van der Waals surface area contributed by atoms with Crippen molar-refractivity contribution in [2.45, 2.75) is 13.6 Å². The van der Waals surface area contributed by atoms with Gasteiger partial charge in [0.2, 0.25) is 0 Å². The molecular weight excluding hydrogens is 321 g/mol. The molecule has 5 heteroatoms. The maximum atomic E-state index is 10.9. The first-order valence-corrected chi connectivity index (χ1v) is 2.41. The Bertz CT molecular complexity index is 78.4. The Balaban J connectivity index is -0.000000180. The van der Waals surface area contributed by atoms with E-state index in [4.69, 9.17) is 0 Å². The van der Waals surface area contributed by atoms with Crippen LogP contribution < -0.4 is 0 Å². The van der Waals surface area contributed by atoms with Gasteiger partial charge in [-0.05, 0) is 0 Å². The van der Waals surface area contributed by atoms with Gasteiger partial charge in [-0.15, -0.1) is 0 Å². The van der Waals surface area contributed by atoms with E-state index in [2.05, 4.69) is 0 Å². The van der Waals surface area contributed by atoms with Crippen LogP contribution in [0.15, 0.2) is 6.08 Å². The average Bonchev–Trinajstić information content (AvgIpc) is 1.30. The molecule has 0 rings (SSSR count). The molecule has 0 fully saturated rings. The molecule has 0 heterocycles. The summed E-state index contributed by atoms with van der Waals surface area (Å²) in [4.78, 5) is 0. The maximum Gasteiger partial charge on any atom is 0.379 e. The summed E-state index contributed by atoms with van der Waals surface area (Å²) in [6.07, 6.45) is -4.14. The minimum atomic E-state index is -4.19. The Morgan fingerprint density at radius 2 is 1.67 bits per heavy atom. The van der Waals surface area contributed by atoms with Crippen LogP contribution in [0.3, 0.4) is 0 Å². The standard InChI is InChI=1S/C3HF3I.CH4.Y/c4-3(5,6)1-2-7;;/h1H;1H4;/q-1;;. The van der Waals surface area contributed by atoms with Crippen LogP contribution in [0.2, 0.25) is 0 Å². The van der Waals surface area contributed by atoms with Crippen molar-refractivity contribution in [3.8, 4) is 0 Å². The Morgan fingerprint density at radius 3 is 1.67 bits per heavy atom. The fraction of sp³-hybridized carbons (Fsp3) is 0.500. The van der Waals surface area contributed by atoms with Gasteiger partial charge in [0.05, 0.1) is 0 Å². The van der Waals surface area contributed by atoms with Crippen molar-refractivity contribution >= 4 is 22.6 Å². The zero-order chi connectivity index (χ0) is 5.91. The van der Waals surface area contributed by atoms with E-state index >= 15 is 0 Å². The van der Waals surface area contributed by atoms with Crippen LogP contribution in [0, 0.1) is 4.08 Å². The molecular formula is C4H5F3IY-. The molecule has 1 radical (unpaired) electrons. The maximum absolute atomic E-state index is 10.9. The van der Waals surface area contributed by atoms with Crippen LogP contribution in [0.5, 0.6) is 0 Å². The van der Waals surface area contributed by atoms with Crippen molar-refractivity contribution in [3.05, 3.63) is 10.2 Å². The predicted molar refractivity (Wildman–Crippen MR) is 34.6 cm³/mol. The average molecular weight is 326 g/mol. The summed E-state index contributed by atoms with van der Waals surface area (Å²) in [6.45, 7) is 0.